The van der Waals surface area contributed by atoms with Crippen LogP contribution >= 0.6 is 11.6 Å². The molecule has 0 N–H and O–H groups in total. The Labute approximate surface area is 176 Å². The molecule has 1 aromatic carbocycles. The number of halogens is 1. The maximum absolute atomic E-state index is 11.7. The van der Waals surface area contributed by atoms with Crippen molar-refractivity contribution in [2.75, 3.05) is 66.1 Å². The van der Waals surface area contributed by atoms with E-state index in [9.17, 15) is 4.79 Å². The van der Waals surface area contributed by atoms with Crippen LogP contribution in [0.1, 0.15) is 18.1 Å². The van der Waals surface area contributed by atoms with Crippen LogP contribution in [0.5, 0.6) is 5.75 Å². The third kappa shape index (κ3) is 9.75. The molecule has 0 saturated heterocycles. The number of carbonyl (C=O) groups excluding carboxylic acids is 1. The van der Waals surface area contributed by atoms with Gasteiger partial charge in [-0.3, -0.25) is 0 Å². The van der Waals surface area contributed by atoms with Gasteiger partial charge in [0.2, 0.25) is 0 Å². The van der Waals surface area contributed by atoms with Crippen molar-refractivity contribution < 1.29 is 38.0 Å². The molecule has 0 atom stereocenters. The zero-order chi connectivity index (χ0) is 20.7. The Bertz CT molecular complexity index is 573. The zero-order valence-electron chi connectivity index (χ0n) is 16.8. The van der Waals surface area contributed by atoms with Gasteiger partial charge in [0, 0.05) is 16.1 Å². The lowest BCUT2D eigenvalue weighted by Gasteiger charge is -2.17. The quantitative estimate of drug-likeness (QED) is 0.671. The second kappa shape index (κ2) is 14.5. The first-order valence-corrected chi connectivity index (χ1v) is 10.1. The lowest BCUT2D eigenvalue weighted by molar-refractivity contribution is -0.145. The summed E-state index contributed by atoms with van der Waals surface area (Å²) in [5.74, 6) is 0.0680. The molecule has 164 valence electrons. The van der Waals surface area contributed by atoms with E-state index < -0.39 is 5.97 Å². The molecule has 2 rings (SSSR count). The lowest BCUT2D eigenvalue weighted by Crippen LogP contribution is -2.17. The molecule has 1 aromatic rings. The Morgan fingerprint density at radius 3 is 1.76 bits per heavy atom. The molecule has 0 aliphatic carbocycles. The lowest BCUT2D eigenvalue weighted by atomic mass is 10.1. The van der Waals surface area contributed by atoms with E-state index in [2.05, 4.69) is 0 Å². The van der Waals surface area contributed by atoms with Crippen molar-refractivity contribution in [3.8, 4) is 5.75 Å². The summed E-state index contributed by atoms with van der Waals surface area (Å²) in [6.45, 7) is 6.01. The van der Waals surface area contributed by atoms with Gasteiger partial charge in [0.05, 0.1) is 72.7 Å². The van der Waals surface area contributed by atoms with E-state index in [1.807, 2.05) is 0 Å². The molecular weight excluding hydrogens is 404 g/mol. The normalized spacial score (nSPS) is 17.7. The van der Waals surface area contributed by atoms with E-state index in [1.165, 1.54) is 0 Å². The molecule has 0 aromatic heterocycles. The summed E-state index contributed by atoms with van der Waals surface area (Å²) in [6.07, 6.45) is 0. The van der Waals surface area contributed by atoms with Gasteiger partial charge >= 0.3 is 5.97 Å². The van der Waals surface area contributed by atoms with Crippen LogP contribution in [0.3, 0.4) is 0 Å². The molecule has 2 bridgehead atoms. The summed E-state index contributed by atoms with van der Waals surface area (Å²) in [4.78, 5) is 11.7. The highest BCUT2D eigenvalue weighted by molar-refractivity contribution is 6.30. The number of benzene rings is 1. The zero-order valence-corrected chi connectivity index (χ0v) is 17.5. The van der Waals surface area contributed by atoms with Crippen molar-refractivity contribution in [3.63, 3.8) is 0 Å². The monoisotopic (exact) mass is 432 g/mol. The van der Waals surface area contributed by atoms with Crippen molar-refractivity contribution in [2.45, 2.75) is 20.1 Å². The first kappa shape index (κ1) is 23.9. The van der Waals surface area contributed by atoms with Gasteiger partial charge < -0.3 is 33.2 Å². The van der Waals surface area contributed by atoms with Crippen molar-refractivity contribution in [3.05, 3.63) is 28.3 Å². The fourth-order valence-electron chi connectivity index (χ4n) is 2.59. The molecule has 9 heteroatoms. The largest absolute Gasteiger partial charge is 0.481 e. The van der Waals surface area contributed by atoms with Crippen LogP contribution in [0.4, 0.5) is 0 Å². The van der Waals surface area contributed by atoms with Gasteiger partial charge in [-0.15, -0.1) is 0 Å². The minimum absolute atomic E-state index is 0.207. The SMILES string of the molecule is CCOC(=O)COc1c2cc(Cl)cc1COCCOCCOCCOCCOC2. The molecule has 8 nitrogen and oxygen atoms in total. The fraction of sp³-hybridized carbons (Fsp3) is 0.650. The van der Waals surface area contributed by atoms with Gasteiger partial charge in [-0.25, -0.2) is 4.79 Å². The van der Waals surface area contributed by atoms with Crippen LogP contribution in [0.25, 0.3) is 0 Å². The predicted octanol–water partition coefficient (Wildman–Crippen LogP) is 2.38. The van der Waals surface area contributed by atoms with Crippen LogP contribution in [0.15, 0.2) is 12.1 Å². The average Bonchev–Trinajstić information content (AvgIpc) is 2.69. The van der Waals surface area contributed by atoms with E-state index in [1.54, 1.807) is 19.1 Å². The summed E-state index contributed by atoms with van der Waals surface area (Å²) in [5.41, 5.74) is 1.45. The van der Waals surface area contributed by atoms with Crippen LogP contribution in [0, 0.1) is 0 Å². The summed E-state index contributed by atoms with van der Waals surface area (Å²) in [6, 6.07) is 3.50. The molecule has 0 saturated carbocycles. The van der Waals surface area contributed by atoms with Gasteiger partial charge in [-0.05, 0) is 19.1 Å². The summed E-state index contributed by atoms with van der Waals surface area (Å²) in [7, 11) is 0. The Hall–Kier alpha value is -1.42. The second-order valence-corrected chi connectivity index (χ2v) is 6.53. The molecule has 1 heterocycles. The molecule has 29 heavy (non-hydrogen) atoms. The first-order valence-electron chi connectivity index (χ1n) is 9.69. The minimum atomic E-state index is -0.445. The highest BCUT2D eigenvalue weighted by Crippen LogP contribution is 2.30. The van der Waals surface area contributed by atoms with Crippen LogP contribution in [-0.2, 0) is 46.4 Å². The van der Waals surface area contributed by atoms with Crippen LogP contribution < -0.4 is 4.74 Å². The Morgan fingerprint density at radius 2 is 1.31 bits per heavy atom. The molecule has 0 unspecified atom stereocenters. The number of hydrogen-bond donors (Lipinski definition) is 0. The number of ether oxygens (including phenoxy) is 7. The van der Waals surface area contributed by atoms with Crippen LogP contribution in [0.2, 0.25) is 5.02 Å². The molecule has 0 fully saturated rings. The van der Waals surface area contributed by atoms with Gasteiger partial charge in [0.15, 0.2) is 6.61 Å². The molecule has 0 radical (unpaired) electrons. The predicted molar refractivity (Wildman–Crippen MR) is 105 cm³/mol. The highest BCUT2D eigenvalue weighted by Gasteiger charge is 2.15. The third-order valence-corrected chi connectivity index (χ3v) is 4.07. The average molecular weight is 433 g/mol. The topological polar surface area (TPSA) is 81.7 Å². The first-order chi connectivity index (χ1) is 14.2. The Morgan fingerprint density at radius 1 is 0.862 bits per heavy atom. The van der Waals surface area contributed by atoms with E-state index in [-0.39, 0.29) is 19.8 Å². The van der Waals surface area contributed by atoms with Crippen molar-refractivity contribution in [2.24, 2.45) is 0 Å². The van der Waals surface area contributed by atoms with Gasteiger partial charge in [-0.2, -0.15) is 0 Å². The highest BCUT2D eigenvalue weighted by atomic mass is 35.5. The van der Waals surface area contributed by atoms with Crippen molar-refractivity contribution in [1.29, 1.82) is 0 Å². The summed E-state index contributed by atoms with van der Waals surface area (Å²) in [5, 5.41) is 0.532. The molecular formula is C20H29ClO8. The van der Waals surface area contributed by atoms with E-state index >= 15 is 0 Å². The maximum Gasteiger partial charge on any atom is 0.344 e. The van der Waals surface area contributed by atoms with E-state index in [4.69, 9.17) is 44.8 Å². The van der Waals surface area contributed by atoms with E-state index in [0.29, 0.717) is 70.2 Å². The third-order valence-electron chi connectivity index (χ3n) is 3.85. The maximum atomic E-state index is 11.7. The summed E-state index contributed by atoms with van der Waals surface area (Å²) >= 11 is 6.26. The van der Waals surface area contributed by atoms with E-state index in [0.717, 1.165) is 11.1 Å². The number of hydrogen-bond acceptors (Lipinski definition) is 8. The van der Waals surface area contributed by atoms with Crippen molar-refractivity contribution >= 4 is 17.6 Å². The molecule has 1 aliphatic rings. The number of carbonyl (C=O) groups is 1. The van der Waals surface area contributed by atoms with Gasteiger partial charge in [0.1, 0.15) is 5.75 Å². The van der Waals surface area contributed by atoms with Gasteiger partial charge in [0.25, 0.3) is 0 Å². The molecule has 1 aliphatic heterocycles. The number of esters is 1. The Balaban J connectivity index is 2.08. The smallest absolute Gasteiger partial charge is 0.344 e. The van der Waals surface area contributed by atoms with Crippen LogP contribution in [-0.4, -0.2) is 72.0 Å². The summed E-state index contributed by atoms with van der Waals surface area (Å²) < 4.78 is 38.4. The van der Waals surface area contributed by atoms with Gasteiger partial charge in [-0.1, -0.05) is 11.6 Å². The molecule has 0 spiro atoms. The number of fused-ring (bicyclic) bond motifs is 2. The second-order valence-electron chi connectivity index (χ2n) is 6.09. The standard InChI is InChI=1S/C20H29ClO8/c1-2-28-19(22)15-29-20-16-11-18(21)12-17(20)14-27-10-8-25-6-4-23-3-5-24-7-9-26-13-16/h11-12H,2-10,13-15H2,1H3. The van der Waals surface area contributed by atoms with Crippen molar-refractivity contribution in [1.82, 2.24) is 0 Å². The molecule has 0 amide bonds. The number of rotatable bonds is 4. The Kier molecular flexibility index (Phi) is 12.0. The minimum Gasteiger partial charge on any atom is -0.481 e. The fourth-order valence-corrected chi connectivity index (χ4v) is 2.85.